The van der Waals surface area contributed by atoms with Gasteiger partial charge in [0.15, 0.2) is 6.29 Å². The van der Waals surface area contributed by atoms with Crippen molar-refractivity contribution in [3.63, 3.8) is 0 Å². The van der Waals surface area contributed by atoms with Gasteiger partial charge in [-0.3, -0.25) is 4.79 Å². The van der Waals surface area contributed by atoms with E-state index in [2.05, 4.69) is 13.5 Å². The van der Waals surface area contributed by atoms with E-state index in [0.717, 1.165) is 31.6 Å². The van der Waals surface area contributed by atoms with Crippen LogP contribution in [0.5, 0.6) is 11.5 Å². The third-order valence-corrected chi connectivity index (χ3v) is 7.12. The van der Waals surface area contributed by atoms with Gasteiger partial charge in [0.2, 0.25) is 5.91 Å². The number of likely N-dealkylation sites (N-methyl/N-ethyl adjacent to an activating group) is 1. The fourth-order valence-corrected chi connectivity index (χ4v) is 4.78. The van der Waals surface area contributed by atoms with E-state index in [1.807, 2.05) is 0 Å². The van der Waals surface area contributed by atoms with Crippen molar-refractivity contribution in [2.45, 2.75) is 64.6 Å². The summed E-state index contributed by atoms with van der Waals surface area (Å²) in [5.74, 6) is 1.27. The van der Waals surface area contributed by atoms with Gasteiger partial charge in [-0.2, -0.15) is 0 Å². The van der Waals surface area contributed by atoms with Crippen LogP contribution < -0.4 is 9.47 Å². The molecule has 3 rings (SSSR count). The maximum atomic E-state index is 14.9. The van der Waals surface area contributed by atoms with Gasteiger partial charge in [-0.15, -0.1) is 0 Å². The Labute approximate surface area is 214 Å². The third kappa shape index (κ3) is 8.09. The Morgan fingerprint density at radius 3 is 2.47 bits per heavy atom. The van der Waals surface area contributed by atoms with Gasteiger partial charge in [0.1, 0.15) is 23.9 Å². The highest BCUT2D eigenvalue weighted by Gasteiger charge is 2.27. The molecule has 1 aliphatic rings. The van der Waals surface area contributed by atoms with E-state index in [0.29, 0.717) is 35.8 Å². The van der Waals surface area contributed by atoms with E-state index in [1.165, 1.54) is 42.7 Å². The van der Waals surface area contributed by atoms with Gasteiger partial charge in [-0.1, -0.05) is 51.3 Å². The Bertz CT molecular complexity index is 969. The monoisotopic (exact) mass is 497 g/mol. The third-order valence-electron chi connectivity index (χ3n) is 7.12. The molecule has 2 aromatic carbocycles. The number of nitrogens with zero attached hydrogens (tertiary/aromatic N) is 1. The van der Waals surface area contributed by atoms with E-state index >= 15 is 0 Å². The summed E-state index contributed by atoms with van der Waals surface area (Å²) in [4.78, 5) is 13.0. The average Bonchev–Trinajstić information content (AvgIpc) is 2.89. The lowest BCUT2D eigenvalue weighted by Crippen LogP contribution is -2.30. The van der Waals surface area contributed by atoms with Gasteiger partial charge < -0.3 is 19.5 Å². The summed E-state index contributed by atoms with van der Waals surface area (Å²) in [7, 11) is 1.69. The number of amides is 1. The van der Waals surface area contributed by atoms with E-state index in [1.54, 1.807) is 43.4 Å². The van der Waals surface area contributed by atoms with Crippen molar-refractivity contribution in [3.05, 3.63) is 60.9 Å². The lowest BCUT2D eigenvalue weighted by Gasteiger charge is -2.31. The van der Waals surface area contributed by atoms with Crippen LogP contribution in [0.2, 0.25) is 0 Å². The Morgan fingerprint density at radius 2 is 1.83 bits per heavy atom. The molecule has 36 heavy (non-hydrogen) atoms. The molecule has 1 fully saturated rings. The second kappa shape index (κ2) is 14.0. The van der Waals surface area contributed by atoms with Gasteiger partial charge in [0.05, 0.1) is 6.54 Å². The Hall–Kier alpha value is -2.86. The maximum absolute atomic E-state index is 14.9. The van der Waals surface area contributed by atoms with Crippen LogP contribution >= 0.6 is 0 Å². The SMILES string of the molecule is C=CC(=O)N(C)CCOc1ccc(-c2ccc(OC(O)C3CCC(CCCCC)CC3)cc2F)cc1. The molecule has 196 valence electrons. The van der Waals surface area contributed by atoms with Crippen LogP contribution in [0.25, 0.3) is 11.1 Å². The summed E-state index contributed by atoms with van der Waals surface area (Å²) in [6.07, 6.45) is 9.63. The van der Waals surface area contributed by atoms with Crippen molar-refractivity contribution in [2.24, 2.45) is 11.8 Å². The number of halogens is 1. The van der Waals surface area contributed by atoms with Crippen molar-refractivity contribution < 1.29 is 23.8 Å². The fraction of sp³-hybridized carbons (Fsp3) is 0.500. The first-order valence-electron chi connectivity index (χ1n) is 13.2. The van der Waals surface area contributed by atoms with Crippen LogP contribution in [0.4, 0.5) is 4.39 Å². The number of aliphatic hydroxyl groups excluding tert-OH is 1. The van der Waals surface area contributed by atoms with Gasteiger partial charge in [0, 0.05) is 24.6 Å². The summed E-state index contributed by atoms with van der Waals surface area (Å²) in [5, 5.41) is 10.6. The van der Waals surface area contributed by atoms with Crippen molar-refractivity contribution in [1.29, 1.82) is 0 Å². The Balaban J connectivity index is 1.49. The maximum Gasteiger partial charge on any atom is 0.245 e. The zero-order valence-electron chi connectivity index (χ0n) is 21.6. The number of hydrogen-bond acceptors (Lipinski definition) is 4. The van der Waals surface area contributed by atoms with Gasteiger partial charge in [0.25, 0.3) is 0 Å². The molecule has 0 heterocycles. The molecule has 0 aliphatic heterocycles. The number of carbonyl (C=O) groups excluding carboxylic acids is 1. The minimum atomic E-state index is -0.913. The van der Waals surface area contributed by atoms with Crippen molar-refractivity contribution >= 4 is 5.91 Å². The predicted octanol–water partition coefficient (Wildman–Crippen LogP) is 6.60. The van der Waals surface area contributed by atoms with Crippen molar-refractivity contribution in [3.8, 4) is 22.6 Å². The molecular formula is C30H40FNO4. The number of ether oxygens (including phenoxy) is 2. The number of aliphatic hydroxyl groups is 1. The predicted molar refractivity (Wildman–Crippen MR) is 141 cm³/mol. The number of rotatable bonds is 13. The largest absolute Gasteiger partial charge is 0.492 e. The first-order chi connectivity index (χ1) is 17.4. The van der Waals surface area contributed by atoms with E-state index in [4.69, 9.17) is 9.47 Å². The van der Waals surface area contributed by atoms with Crippen LogP contribution in [-0.4, -0.2) is 42.4 Å². The second-order valence-corrected chi connectivity index (χ2v) is 9.76. The second-order valence-electron chi connectivity index (χ2n) is 9.76. The summed E-state index contributed by atoms with van der Waals surface area (Å²) in [6, 6.07) is 11.9. The first kappa shape index (κ1) is 27.7. The molecule has 2 aromatic rings. The molecule has 1 aliphatic carbocycles. The number of benzene rings is 2. The average molecular weight is 498 g/mol. The van der Waals surface area contributed by atoms with Crippen LogP contribution in [0.3, 0.4) is 0 Å². The van der Waals surface area contributed by atoms with Gasteiger partial charge in [-0.25, -0.2) is 4.39 Å². The fourth-order valence-electron chi connectivity index (χ4n) is 4.78. The molecule has 0 aromatic heterocycles. The highest BCUT2D eigenvalue weighted by molar-refractivity contribution is 5.86. The molecule has 1 N–H and O–H groups in total. The molecule has 0 radical (unpaired) electrons. The van der Waals surface area contributed by atoms with E-state index in [-0.39, 0.29) is 11.8 Å². The molecule has 1 amide bonds. The molecule has 0 bridgehead atoms. The van der Waals surface area contributed by atoms with Gasteiger partial charge >= 0.3 is 0 Å². The minimum absolute atomic E-state index is 0.0948. The highest BCUT2D eigenvalue weighted by Crippen LogP contribution is 2.35. The van der Waals surface area contributed by atoms with Crippen molar-refractivity contribution in [1.82, 2.24) is 4.90 Å². The molecule has 1 atom stereocenters. The molecular weight excluding hydrogens is 457 g/mol. The molecule has 6 heteroatoms. The van der Waals surface area contributed by atoms with Crippen molar-refractivity contribution in [2.75, 3.05) is 20.2 Å². The standard InChI is InChI=1S/C30H40FNO4/c1-4-6-7-8-22-9-11-24(12-10-22)30(34)36-26-17-18-27(28(31)21-26)23-13-15-25(16-14-23)35-20-19-32(3)29(33)5-2/h5,13-18,21-22,24,30,34H,2,4,6-12,19-20H2,1,3H3. The van der Waals surface area contributed by atoms with Crippen LogP contribution in [0.15, 0.2) is 55.1 Å². The van der Waals surface area contributed by atoms with E-state index in [9.17, 15) is 14.3 Å². The van der Waals surface area contributed by atoms with Crippen LogP contribution in [-0.2, 0) is 4.79 Å². The summed E-state index contributed by atoms with van der Waals surface area (Å²) in [5.41, 5.74) is 1.17. The molecule has 0 spiro atoms. The zero-order chi connectivity index (χ0) is 25.9. The molecule has 0 saturated heterocycles. The minimum Gasteiger partial charge on any atom is -0.492 e. The van der Waals surface area contributed by atoms with Gasteiger partial charge in [-0.05, 0) is 67.5 Å². The quantitative estimate of drug-likeness (QED) is 0.192. The lowest BCUT2D eigenvalue weighted by atomic mass is 9.79. The van der Waals surface area contributed by atoms with Crippen LogP contribution in [0, 0.1) is 17.7 Å². The number of unbranched alkanes of at least 4 members (excludes halogenated alkanes) is 2. The summed E-state index contributed by atoms with van der Waals surface area (Å²) < 4.78 is 26.3. The highest BCUT2D eigenvalue weighted by atomic mass is 19.1. The number of carbonyl (C=O) groups is 1. The Kier molecular flexibility index (Phi) is 10.8. The Morgan fingerprint density at radius 1 is 1.14 bits per heavy atom. The summed E-state index contributed by atoms with van der Waals surface area (Å²) in [6.45, 7) is 6.48. The molecule has 1 unspecified atom stereocenters. The lowest BCUT2D eigenvalue weighted by molar-refractivity contribution is -0.125. The van der Waals surface area contributed by atoms with Crippen LogP contribution in [0.1, 0.15) is 58.3 Å². The molecule has 5 nitrogen and oxygen atoms in total. The van der Waals surface area contributed by atoms with E-state index < -0.39 is 12.1 Å². The molecule has 1 saturated carbocycles. The normalized spacial score (nSPS) is 18.3. The number of hydrogen-bond donors (Lipinski definition) is 1. The first-order valence-corrected chi connectivity index (χ1v) is 13.2. The summed E-state index contributed by atoms with van der Waals surface area (Å²) >= 11 is 0. The smallest absolute Gasteiger partial charge is 0.245 e. The zero-order valence-corrected chi connectivity index (χ0v) is 21.6. The topological polar surface area (TPSA) is 59.0 Å².